The molecule has 1 unspecified atom stereocenters. The predicted molar refractivity (Wildman–Crippen MR) is 121 cm³/mol. The maximum atomic E-state index is 13.4. The molecule has 1 aliphatic rings. The third-order valence-corrected chi connectivity index (χ3v) is 5.56. The van der Waals surface area contributed by atoms with E-state index >= 15 is 0 Å². The number of rotatable bonds is 8. The number of para-hydroxylation sites is 1. The number of nitrogens with zero attached hydrogens (tertiary/aromatic N) is 1. The van der Waals surface area contributed by atoms with Crippen molar-refractivity contribution >= 4 is 5.91 Å². The summed E-state index contributed by atoms with van der Waals surface area (Å²) in [6, 6.07) is 23.5. The molecule has 1 N–H and O–H groups in total. The van der Waals surface area contributed by atoms with E-state index in [1.54, 1.807) is 24.3 Å². The van der Waals surface area contributed by atoms with Gasteiger partial charge in [0.15, 0.2) is 0 Å². The van der Waals surface area contributed by atoms with Crippen LogP contribution >= 0.6 is 0 Å². The summed E-state index contributed by atoms with van der Waals surface area (Å²) in [6.45, 7) is 3.72. The topological polar surface area (TPSA) is 50.8 Å². The zero-order chi connectivity index (χ0) is 22.2. The second-order valence-corrected chi connectivity index (χ2v) is 7.72. The third kappa shape index (κ3) is 5.93. The molecule has 1 fully saturated rings. The summed E-state index contributed by atoms with van der Waals surface area (Å²) in [7, 11) is 0. The van der Waals surface area contributed by atoms with E-state index in [0.29, 0.717) is 31.9 Å². The van der Waals surface area contributed by atoms with Crippen molar-refractivity contribution < 1.29 is 18.7 Å². The molecular weight excluding hydrogens is 407 g/mol. The van der Waals surface area contributed by atoms with Gasteiger partial charge in [-0.15, -0.1) is 0 Å². The van der Waals surface area contributed by atoms with Gasteiger partial charge in [-0.2, -0.15) is 0 Å². The zero-order valence-corrected chi connectivity index (χ0v) is 17.9. The third-order valence-electron chi connectivity index (χ3n) is 5.56. The van der Waals surface area contributed by atoms with Crippen molar-refractivity contribution in [2.24, 2.45) is 0 Å². The molecule has 166 valence electrons. The van der Waals surface area contributed by atoms with E-state index in [2.05, 4.69) is 10.2 Å². The van der Waals surface area contributed by atoms with Crippen molar-refractivity contribution in [3.8, 4) is 5.75 Å². The zero-order valence-electron chi connectivity index (χ0n) is 17.9. The highest BCUT2D eigenvalue weighted by Gasteiger charge is 2.23. The van der Waals surface area contributed by atoms with Crippen LogP contribution in [0.2, 0.25) is 0 Å². The first kappa shape index (κ1) is 22.0. The van der Waals surface area contributed by atoms with Gasteiger partial charge < -0.3 is 14.8 Å². The fraction of sp³-hybridized carbons (Fsp3) is 0.269. The van der Waals surface area contributed by atoms with Crippen LogP contribution in [0.3, 0.4) is 0 Å². The van der Waals surface area contributed by atoms with E-state index in [4.69, 9.17) is 9.47 Å². The Kier molecular flexibility index (Phi) is 7.48. The molecule has 1 saturated heterocycles. The lowest BCUT2D eigenvalue weighted by atomic mass is 10.0. The average molecular weight is 435 g/mol. The predicted octanol–water partition coefficient (Wildman–Crippen LogP) is 4.21. The molecule has 0 saturated carbocycles. The van der Waals surface area contributed by atoms with Gasteiger partial charge in [0.25, 0.3) is 5.91 Å². The lowest BCUT2D eigenvalue weighted by Crippen LogP contribution is -2.43. The van der Waals surface area contributed by atoms with Crippen molar-refractivity contribution in [2.75, 3.05) is 32.8 Å². The molecule has 1 amide bonds. The van der Waals surface area contributed by atoms with Crippen molar-refractivity contribution in [1.29, 1.82) is 0 Å². The smallest absolute Gasteiger partial charge is 0.251 e. The van der Waals surface area contributed by atoms with E-state index in [-0.39, 0.29) is 17.8 Å². The summed E-state index contributed by atoms with van der Waals surface area (Å²) in [5.41, 5.74) is 2.55. The van der Waals surface area contributed by atoms with E-state index < -0.39 is 0 Å². The molecule has 5 nitrogen and oxygen atoms in total. The number of hydrogen-bond acceptors (Lipinski definition) is 4. The highest BCUT2D eigenvalue weighted by molar-refractivity contribution is 5.94. The van der Waals surface area contributed by atoms with Gasteiger partial charge in [-0.3, -0.25) is 9.69 Å². The Morgan fingerprint density at radius 2 is 1.66 bits per heavy atom. The Morgan fingerprint density at radius 3 is 2.34 bits per heavy atom. The fourth-order valence-corrected chi connectivity index (χ4v) is 3.76. The van der Waals surface area contributed by atoms with E-state index in [1.165, 1.54) is 12.1 Å². The number of nitrogens with one attached hydrogen (secondary N) is 1. The molecular formula is C26H27FN2O3. The van der Waals surface area contributed by atoms with Crippen molar-refractivity contribution in [3.05, 3.63) is 101 Å². The summed E-state index contributed by atoms with van der Waals surface area (Å²) in [5, 5.41) is 3.04. The minimum Gasteiger partial charge on any atom is -0.489 e. The molecule has 0 aromatic heterocycles. The number of carbonyl (C=O) groups is 1. The van der Waals surface area contributed by atoms with E-state index in [1.807, 2.05) is 42.5 Å². The average Bonchev–Trinajstić information content (AvgIpc) is 2.85. The molecule has 0 radical (unpaired) electrons. The highest BCUT2D eigenvalue weighted by Crippen LogP contribution is 2.22. The lowest BCUT2D eigenvalue weighted by molar-refractivity contribution is 0.0162. The summed E-state index contributed by atoms with van der Waals surface area (Å²) in [6.07, 6.45) is 0. The number of halogens is 1. The number of ether oxygens (including phenoxy) is 2. The minimum absolute atomic E-state index is 0.0398. The number of hydrogen-bond donors (Lipinski definition) is 1. The van der Waals surface area contributed by atoms with Gasteiger partial charge in [0.1, 0.15) is 18.2 Å². The van der Waals surface area contributed by atoms with Crippen molar-refractivity contribution in [1.82, 2.24) is 10.2 Å². The quantitative estimate of drug-likeness (QED) is 0.577. The maximum Gasteiger partial charge on any atom is 0.251 e. The minimum atomic E-state index is -0.269. The number of morpholine rings is 1. The van der Waals surface area contributed by atoms with Crippen LogP contribution in [0.15, 0.2) is 78.9 Å². The largest absolute Gasteiger partial charge is 0.489 e. The monoisotopic (exact) mass is 434 g/mol. The van der Waals surface area contributed by atoms with Crippen LogP contribution < -0.4 is 10.1 Å². The number of amides is 1. The summed E-state index contributed by atoms with van der Waals surface area (Å²) in [4.78, 5) is 15.0. The molecule has 6 heteroatoms. The Morgan fingerprint density at radius 1 is 0.969 bits per heavy atom. The molecule has 3 aromatic carbocycles. The van der Waals surface area contributed by atoms with Crippen LogP contribution in [0.1, 0.15) is 27.5 Å². The summed E-state index contributed by atoms with van der Waals surface area (Å²) in [5.74, 6) is 0.403. The van der Waals surface area contributed by atoms with Crippen LogP contribution in [-0.2, 0) is 11.3 Å². The molecule has 0 aliphatic carbocycles. The Balaban J connectivity index is 1.36. The van der Waals surface area contributed by atoms with E-state index in [9.17, 15) is 9.18 Å². The lowest BCUT2D eigenvalue weighted by Gasteiger charge is -2.35. The van der Waals surface area contributed by atoms with Crippen molar-refractivity contribution in [3.63, 3.8) is 0 Å². The SMILES string of the molecule is O=C(NCC(c1ccc(F)cc1)N1CCOCC1)c1ccc(COc2ccccc2)cc1. The summed E-state index contributed by atoms with van der Waals surface area (Å²) >= 11 is 0. The molecule has 1 aliphatic heterocycles. The maximum absolute atomic E-state index is 13.4. The molecule has 32 heavy (non-hydrogen) atoms. The molecule has 1 heterocycles. The fourth-order valence-electron chi connectivity index (χ4n) is 3.76. The van der Waals surface area contributed by atoms with Gasteiger partial charge in [-0.25, -0.2) is 4.39 Å². The second kappa shape index (κ2) is 10.9. The molecule has 1 atom stereocenters. The van der Waals surface area contributed by atoms with Crippen LogP contribution in [-0.4, -0.2) is 43.7 Å². The van der Waals surface area contributed by atoms with Gasteiger partial charge in [-0.1, -0.05) is 42.5 Å². The first-order valence-electron chi connectivity index (χ1n) is 10.8. The van der Waals surface area contributed by atoms with Crippen molar-refractivity contribution in [2.45, 2.75) is 12.6 Å². The van der Waals surface area contributed by atoms with Gasteiger partial charge in [0.2, 0.25) is 0 Å². The van der Waals surface area contributed by atoms with Gasteiger partial charge in [0, 0.05) is 25.2 Å². The Bertz CT molecular complexity index is 988. The van der Waals surface area contributed by atoms with Gasteiger partial charge in [-0.05, 0) is 47.5 Å². The van der Waals surface area contributed by atoms with E-state index in [0.717, 1.165) is 30.0 Å². The normalized spacial score (nSPS) is 15.2. The Labute approximate surface area is 187 Å². The molecule has 0 bridgehead atoms. The molecule has 4 rings (SSSR count). The number of carbonyl (C=O) groups excluding carboxylic acids is 1. The number of benzene rings is 3. The standard InChI is InChI=1S/C26H27FN2O3/c27-23-12-10-21(11-13-23)25(29-14-16-31-17-15-29)18-28-26(30)22-8-6-20(7-9-22)19-32-24-4-2-1-3-5-24/h1-13,25H,14-19H2,(H,28,30). The van der Waals surface area contributed by atoms with Gasteiger partial charge >= 0.3 is 0 Å². The Hall–Kier alpha value is -3.22. The summed E-state index contributed by atoms with van der Waals surface area (Å²) < 4.78 is 24.6. The van der Waals surface area contributed by atoms with Crippen LogP contribution in [0.5, 0.6) is 5.75 Å². The van der Waals surface area contributed by atoms with Crippen LogP contribution in [0.25, 0.3) is 0 Å². The molecule has 3 aromatic rings. The van der Waals surface area contributed by atoms with Crippen LogP contribution in [0.4, 0.5) is 4.39 Å². The first-order valence-corrected chi connectivity index (χ1v) is 10.8. The van der Waals surface area contributed by atoms with Crippen LogP contribution in [0, 0.1) is 5.82 Å². The molecule has 0 spiro atoms. The first-order chi connectivity index (χ1) is 15.7. The second-order valence-electron chi connectivity index (χ2n) is 7.72. The highest BCUT2D eigenvalue weighted by atomic mass is 19.1. The van der Waals surface area contributed by atoms with Gasteiger partial charge in [0.05, 0.1) is 19.3 Å².